The van der Waals surface area contributed by atoms with Crippen molar-refractivity contribution in [2.24, 2.45) is 0 Å². The van der Waals surface area contributed by atoms with E-state index in [1.807, 2.05) is 61.6 Å². The second-order valence-electron chi connectivity index (χ2n) is 4.10. The lowest BCUT2D eigenvalue weighted by atomic mass is 10.0. The van der Waals surface area contributed by atoms with E-state index in [1.165, 1.54) is 5.56 Å². The van der Waals surface area contributed by atoms with Crippen LogP contribution >= 0.6 is 11.6 Å². The van der Waals surface area contributed by atoms with E-state index in [9.17, 15) is 0 Å². The van der Waals surface area contributed by atoms with Gasteiger partial charge in [0.25, 0.3) is 0 Å². The van der Waals surface area contributed by atoms with Crippen LogP contribution in [0.1, 0.15) is 12.5 Å². The summed E-state index contributed by atoms with van der Waals surface area (Å²) in [5.74, 6) is 0. The summed E-state index contributed by atoms with van der Waals surface area (Å²) in [6, 6.07) is 7.88. The van der Waals surface area contributed by atoms with E-state index in [-0.39, 0.29) is 0 Å². The third-order valence-electron chi connectivity index (χ3n) is 2.75. The van der Waals surface area contributed by atoms with Crippen LogP contribution in [0.5, 0.6) is 0 Å². The van der Waals surface area contributed by atoms with E-state index < -0.39 is 0 Å². The summed E-state index contributed by atoms with van der Waals surface area (Å²) in [6.45, 7) is 9.60. The first-order chi connectivity index (χ1) is 9.19. The highest BCUT2D eigenvalue weighted by molar-refractivity contribution is 6.30. The van der Waals surface area contributed by atoms with Crippen molar-refractivity contribution in [3.8, 4) is 0 Å². The molecule has 0 aliphatic rings. The molecule has 0 aliphatic carbocycles. The minimum absolute atomic E-state index is 0.761. The summed E-state index contributed by atoms with van der Waals surface area (Å²) in [4.78, 5) is 0. The second-order valence-corrected chi connectivity index (χ2v) is 4.54. The number of hydrogen-bond acceptors (Lipinski definition) is 0. The van der Waals surface area contributed by atoms with Crippen molar-refractivity contribution in [3.05, 3.63) is 95.6 Å². The highest BCUT2D eigenvalue weighted by Gasteiger charge is 1.95. The Kier molecular flexibility index (Phi) is 6.70. The fraction of sp³-hybridized carbons (Fsp3) is 0.111. The van der Waals surface area contributed by atoms with Gasteiger partial charge in [-0.2, -0.15) is 0 Å². The number of hydrogen-bond donors (Lipinski definition) is 0. The minimum Gasteiger partial charge on any atom is -0.0988 e. The molecule has 0 saturated heterocycles. The first-order valence-corrected chi connectivity index (χ1v) is 6.60. The van der Waals surface area contributed by atoms with Crippen molar-refractivity contribution < 1.29 is 0 Å². The lowest BCUT2D eigenvalue weighted by Crippen LogP contribution is -1.86. The maximum Gasteiger partial charge on any atom is 0.0406 e. The summed E-state index contributed by atoms with van der Waals surface area (Å²) in [5.41, 5.74) is 3.49. The van der Waals surface area contributed by atoms with Gasteiger partial charge < -0.3 is 0 Å². The van der Waals surface area contributed by atoms with E-state index in [4.69, 9.17) is 11.6 Å². The zero-order valence-corrected chi connectivity index (χ0v) is 12.0. The summed E-state index contributed by atoms with van der Waals surface area (Å²) < 4.78 is 0. The Labute approximate surface area is 121 Å². The van der Waals surface area contributed by atoms with Crippen LogP contribution in [0.3, 0.4) is 0 Å². The third-order valence-corrected chi connectivity index (χ3v) is 3.00. The van der Waals surface area contributed by atoms with Crippen LogP contribution in [0.2, 0.25) is 5.02 Å². The minimum atomic E-state index is 0.761. The van der Waals surface area contributed by atoms with Crippen molar-refractivity contribution in [3.63, 3.8) is 0 Å². The number of rotatable bonds is 6. The molecule has 0 aliphatic heterocycles. The molecule has 19 heavy (non-hydrogen) atoms. The average molecular weight is 271 g/mol. The Morgan fingerprint density at radius 1 is 1.16 bits per heavy atom. The molecule has 0 fully saturated rings. The lowest BCUT2D eigenvalue weighted by molar-refractivity contribution is 1.20. The fourth-order valence-electron chi connectivity index (χ4n) is 1.60. The van der Waals surface area contributed by atoms with Crippen LogP contribution in [-0.4, -0.2) is 0 Å². The van der Waals surface area contributed by atoms with Crippen LogP contribution in [0.25, 0.3) is 0 Å². The zero-order valence-electron chi connectivity index (χ0n) is 11.3. The SMILES string of the molecule is C=C\C(=C/C=C/C(C=C)=C/C)Cc1ccc(Cl)cc1. The van der Waals surface area contributed by atoms with Crippen LogP contribution in [0.4, 0.5) is 0 Å². The first-order valence-electron chi connectivity index (χ1n) is 6.22. The van der Waals surface area contributed by atoms with Crippen molar-refractivity contribution in [2.45, 2.75) is 13.3 Å². The molecule has 1 rings (SSSR count). The zero-order chi connectivity index (χ0) is 14.1. The maximum absolute atomic E-state index is 5.87. The van der Waals surface area contributed by atoms with E-state index in [1.54, 1.807) is 0 Å². The second kappa shape index (κ2) is 8.34. The van der Waals surface area contributed by atoms with Gasteiger partial charge in [-0.05, 0) is 42.2 Å². The Balaban J connectivity index is 2.75. The molecule has 0 bridgehead atoms. The van der Waals surface area contributed by atoms with Gasteiger partial charge in [0, 0.05) is 5.02 Å². The van der Waals surface area contributed by atoms with E-state index >= 15 is 0 Å². The average Bonchev–Trinajstić information content (AvgIpc) is 2.44. The van der Waals surface area contributed by atoms with E-state index in [0.717, 1.165) is 22.6 Å². The molecule has 0 nitrogen and oxygen atoms in total. The topological polar surface area (TPSA) is 0 Å². The van der Waals surface area contributed by atoms with Gasteiger partial charge in [-0.1, -0.05) is 73.3 Å². The van der Waals surface area contributed by atoms with Crippen molar-refractivity contribution in [2.75, 3.05) is 0 Å². The van der Waals surface area contributed by atoms with Crippen LogP contribution in [-0.2, 0) is 6.42 Å². The number of halogens is 1. The maximum atomic E-state index is 5.87. The Morgan fingerprint density at radius 3 is 2.37 bits per heavy atom. The Hall–Kier alpha value is -1.79. The molecule has 0 heterocycles. The monoisotopic (exact) mass is 270 g/mol. The van der Waals surface area contributed by atoms with Gasteiger partial charge in [-0.3, -0.25) is 0 Å². The normalized spacial score (nSPS) is 12.7. The van der Waals surface area contributed by atoms with Crippen molar-refractivity contribution >= 4 is 11.6 Å². The van der Waals surface area contributed by atoms with Gasteiger partial charge in [0.15, 0.2) is 0 Å². The molecule has 0 unspecified atom stereocenters. The lowest BCUT2D eigenvalue weighted by Gasteiger charge is -2.02. The van der Waals surface area contributed by atoms with E-state index in [0.29, 0.717) is 0 Å². The molecule has 1 aromatic rings. The summed E-state index contributed by atoms with van der Waals surface area (Å²) >= 11 is 5.87. The highest BCUT2D eigenvalue weighted by Crippen LogP contribution is 2.14. The van der Waals surface area contributed by atoms with Gasteiger partial charge in [0.05, 0.1) is 0 Å². The molecule has 1 aromatic carbocycles. The van der Waals surface area contributed by atoms with Gasteiger partial charge in [0.2, 0.25) is 0 Å². The number of benzene rings is 1. The molecule has 0 aromatic heterocycles. The van der Waals surface area contributed by atoms with Crippen LogP contribution < -0.4 is 0 Å². The summed E-state index contributed by atoms with van der Waals surface area (Å²) in [6.07, 6.45) is 12.7. The predicted octanol–water partition coefficient (Wildman–Crippen LogP) is 5.68. The predicted molar refractivity (Wildman–Crippen MR) is 86.5 cm³/mol. The highest BCUT2D eigenvalue weighted by atomic mass is 35.5. The quantitative estimate of drug-likeness (QED) is 0.583. The van der Waals surface area contributed by atoms with E-state index in [2.05, 4.69) is 19.2 Å². The van der Waals surface area contributed by atoms with Gasteiger partial charge in [0.1, 0.15) is 0 Å². The standard InChI is InChI=1S/C18H19Cl/c1-4-15(5-2)8-7-9-16(6-3)14-17-10-12-18(19)13-11-17/h4-13H,1,3,14H2,2H3/b8-7+,15-5+,16-9+. The van der Waals surface area contributed by atoms with Crippen molar-refractivity contribution in [1.82, 2.24) is 0 Å². The van der Waals surface area contributed by atoms with Crippen LogP contribution in [0.15, 0.2) is 85.0 Å². The van der Waals surface area contributed by atoms with Gasteiger partial charge >= 0.3 is 0 Å². The molecular weight excluding hydrogens is 252 g/mol. The first kappa shape index (κ1) is 15.3. The molecule has 0 N–H and O–H groups in total. The largest absolute Gasteiger partial charge is 0.0988 e. The van der Waals surface area contributed by atoms with Gasteiger partial charge in [-0.25, -0.2) is 0 Å². The van der Waals surface area contributed by atoms with Gasteiger partial charge in [-0.15, -0.1) is 0 Å². The summed E-state index contributed by atoms with van der Waals surface area (Å²) in [7, 11) is 0. The molecule has 0 saturated carbocycles. The molecule has 0 spiro atoms. The number of allylic oxidation sites excluding steroid dienone is 8. The Bertz CT molecular complexity index is 513. The fourth-order valence-corrected chi connectivity index (χ4v) is 1.73. The third kappa shape index (κ3) is 5.58. The molecule has 0 amide bonds. The van der Waals surface area contributed by atoms with Crippen molar-refractivity contribution in [1.29, 1.82) is 0 Å². The molecule has 98 valence electrons. The molecule has 1 heteroatoms. The smallest absolute Gasteiger partial charge is 0.0406 e. The van der Waals surface area contributed by atoms with Crippen LogP contribution in [0, 0.1) is 0 Å². The molecular formula is C18H19Cl. The summed E-state index contributed by atoms with van der Waals surface area (Å²) in [5, 5.41) is 0.761. The Morgan fingerprint density at radius 2 is 1.84 bits per heavy atom. The molecule has 0 atom stereocenters. The molecule has 0 radical (unpaired) electrons.